The van der Waals surface area contributed by atoms with Crippen LogP contribution >= 0.6 is 0 Å². The van der Waals surface area contributed by atoms with Gasteiger partial charge in [-0.25, -0.2) is 4.39 Å². The number of anilines is 1. The van der Waals surface area contributed by atoms with E-state index in [0.717, 1.165) is 11.1 Å². The molecule has 1 amide bonds. The van der Waals surface area contributed by atoms with E-state index in [2.05, 4.69) is 5.32 Å². The number of nitrogens with two attached hydrogens (primary N) is 1. The van der Waals surface area contributed by atoms with E-state index in [1.807, 2.05) is 18.2 Å². The summed E-state index contributed by atoms with van der Waals surface area (Å²) in [4.78, 5) is 11.8. The van der Waals surface area contributed by atoms with Crippen molar-refractivity contribution in [1.29, 1.82) is 0 Å². The highest BCUT2D eigenvalue weighted by Gasteiger charge is 2.05. The molecule has 3 nitrogen and oxygen atoms in total. The molecule has 4 heteroatoms. The third kappa shape index (κ3) is 3.81. The van der Waals surface area contributed by atoms with Crippen LogP contribution in [0.1, 0.15) is 11.1 Å². The van der Waals surface area contributed by atoms with Crippen LogP contribution in [0.2, 0.25) is 0 Å². The van der Waals surface area contributed by atoms with Gasteiger partial charge in [0, 0.05) is 12.2 Å². The highest BCUT2D eigenvalue weighted by atomic mass is 19.1. The molecule has 0 aromatic heterocycles. The normalized spacial score (nSPS) is 10.2. The van der Waals surface area contributed by atoms with Crippen molar-refractivity contribution in [1.82, 2.24) is 5.32 Å². The Labute approximate surface area is 111 Å². The van der Waals surface area contributed by atoms with Gasteiger partial charge in [0.1, 0.15) is 5.82 Å². The maximum Gasteiger partial charge on any atom is 0.224 e. The first-order chi connectivity index (χ1) is 9.15. The fourth-order valence-electron chi connectivity index (χ4n) is 1.78. The van der Waals surface area contributed by atoms with Crippen LogP contribution in [-0.4, -0.2) is 5.91 Å². The van der Waals surface area contributed by atoms with E-state index < -0.39 is 0 Å². The number of carbonyl (C=O) groups is 1. The molecule has 98 valence electrons. The molecule has 0 bridgehead atoms. The molecule has 0 saturated heterocycles. The van der Waals surface area contributed by atoms with Gasteiger partial charge in [-0.2, -0.15) is 0 Å². The Hall–Kier alpha value is -2.36. The molecular weight excluding hydrogens is 243 g/mol. The van der Waals surface area contributed by atoms with Crippen LogP contribution < -0.4 is 11.1 Å². The second kappa shape index (κ2) is 6.00. The lowest BCUT2D eigenvalue weighted by Crippen LogP contribution is -2.24. The van der Waals surface area contributed by atoms with Crippen LogP contribution in [-0.2, 0) is 17.8 Å². The Balaban J connectivity index is 1.90. The zero-order valence-electron chi connectivity index (χ0n) is 10.4. The number of halogens is 1. The van der Waals surface area contributed by atoms with Gasteiger partial charge in [-0.15, -0.1) is 0 Å². The number of carbonyl (C=O) groups excluding carboxylic acids is 1. The van der Waals surface area contributed by atoms with Gasteiger partial charge in [0.2, 0.25) is 5.91 Å². The van der Waals surface area contributed by atoms with E-state index in [4.69, 9.17) is 5.73 Å². The highest BCUT2D eigenvalue weighted by molar-refractivity contribution is 5.80. The van der Waals surface area contributed by atoms with Crippen molar-refractivity contribution in [3.63, 3.8) is 0 Å². The summed E-state index contributed by atoms with van der Waals surface area (Å²) < 4.78 is 13.0. The third-order valence-electron chi connectivity index (χ3n) is 2.78. The number of nitrogen functional groups attached to an aromatic ring is 1. The first-order valence-corrected chi connectivity index (χ1v) is 5.99. The molecule has 0 aliphatic carbocycles. The van der Waals surface area contributed by atoms with Crippen molar-refractivity contribution in [3.05, 3.63) is 65.5 Å². The quantitative estimate of drug-likeness (QED) is 0.826. The first kappa shape index (κ1) is 13.1. The smallest absolute Gasteiger partial charge is 0.224 e. The van der Waals surface area contributed by atoms with Crippen molar-refractivity contribution in [2.45, 2.75) is 13.0 Å². The summed E-state index contributed by atoms with van der Waals surface area (Å²) in [7, 11) is 0. The Morgan fingerprint density at radius 2 is 1.95 bits per heavy atom. The van der Waals surface area contributed by atoms with Gasteiger partial charge in [-0.3, -0.25) is 4.79 Å². The molecule has 0 saturated carbocycles. The average molecular weight is 258 g/mol. The molecule has 2 rings (SSSR count). The van der Waals surface area contributed by atoms with Crippen LogP contribution in [0, 0.1) is 5.82 Å². The van der Waals surface area contributed by atoms with E-state index in [-0.39, 0.29) is 18.1 Å². The highest BCUT2D eigenvalue weighted by Crippen LogP contribution is 2.11. The molecule has 3 N–H and O–H groups in total. The predicted molar refractivity (Wildman–Crippen MR) is 72.8 cm³/mol. The summed E-state index contributed by atoms with van der Waals surface area (Å²) in [6.07, 6.45) is 0.224. The van der Waals surface area contributed by atoms with E-state index in [1.54, 1.807) is 18.2 Å². The van der Waals surface area contributed by atoms with Crippen LogP contribution in [0.5, 0.6) is 0 Å². The second-order valence-electron chi connectivity index (χ2n) is 4.28. The van der Waals surface area contributed by atoms with Crippen LogP contribution in [0.3, 0.4) is 0 Å². The Kier molecular flexibility index (Phi) is 4.13. The Bertz CT molecular complexity index is 584. The van der Waals surface area contributed by atoms with E-state index in [9.17, 15) is 9.18 Å². The van der Waals surface area contributed by atoms with E-state index >= 15 is 0 Å². The van der Waals surface area contributed by atoms with Crippen molar-refractivity contribution in [3.8, 4) is 0 Å². The minimum atomic E-state index is -0.306. The molecule has 0 heterocycles. The van der Waals surface area contributed by atoms with Crippen LogP contribution in [0.4, 0.5) is 10.1 Å². The Morgan fingerprint density at radius 1 is 1.16 bits per heavy atom. The summed E-state index contributed by atoms with van der Waals surface area (Å²) >= 11 is 0. The molecule has 0 atom stereocenters. The number of hydrogen-bond donors (Lipinski definition) is 2. The largest absolute Gasteiger partial charge is 0.398 e. The maximum absolute atomic E-state index is 13.0. The monoisotopic (exact) mass is 258 g/mol. The van der Waals surface area contributed by atoms with E-state index in [1.165, 1.54) is 12.1 Å². The lowest BCUT2D eigenvalue weighted by atomic mass is 10.1. The van der Waals surface area contributed by atoms with Crippen molar-refractivity contribution in [2.24, 2.45) is 0 Å². The third-order valence-corrected chi connectivity index (χ3v) is 2.78. The van der Waals surface area contributed by atoms with Gasteiger partial charge in [0.15, 0.2) is 0 Å². The minimum Gasteiger partial charge on any atom is -0.398 e. The lowest BCUT2D eigenvalue weighted by molar-refractivity contribution is -0.120. The number of hydrogen-bond acceptors (Lipinski definition) is 2. The van der Waals surface area contributed by atoms with Gasteiger partial charge in [0.05, 0.1) is 6.42 Å². The molecule has 0 fully saturated rings. The van der Waals surface area contributed by atoms with Gasteiger partial charge in [-0.05, 0) is 29.3 Å². The fraction of sp³-hybridized carbons (Fsp3) is 0.133. The molecule has 0 unspecified atom stereocenters. The second-order valence-corrected chi connectivity index (χ2v) is 4.28. The molecular formula is C15H15FN2O. The first-order valence-electron chi connectivity index (χ1n) is 5.99. The fourth-order valence-corrected chi connectivity index (χ4v) is 1.78. The molecule has 0 aliphatic heterocycles. The van der Waals surface area contributed by atoms with Crippen LogP contribution in [0.15, 0.2) is 48.5 Å². The summed E-state index contributed by atoms with van der Waals surface area (Å²) in [5, 5.41) is 2.74. The van der Waals surface area contributed by atoms with Gasteiger partial charge in [-0.1, -0.05) is 30.3 Å². The standard InChI is InChI=1S/C15H15FN2O/c16-13-6-3-4-11(8-13)10-18-15(19)9-12-5-1-2-7-14(12)17/h1-8H,9-10,17H2,(H,18,19). The van der Waals surface area contributed by atoms with Crippen LogP contribution in [0.25, 0.3) is 0 Å². The topological polar surface area (TPSA) is 55.1 Å². The molecule has 2 aromatic rings. The van der Waals surface area contributed by atoms with Gasteiger partial charge >= 0.3 is 0 Å². The molecule has 2 aromatic carbocycles. The average Bonchev–Trinajstić information content (AvgIpc) is 2.39. The van der Waals surface area contributed by atoms with Crippen molar-refractivity contribution < 1.29 is 9.18 Å². The number of rotatable bonds is 4. The zero-order valence-corrected chi connectivity index (χ0v) is 10.4. The molecule has 0 aliphatic rings. The molecule has 0 spiro atoms. The minimum absolute atomic E-state index is 0.137. The Morgan fingerprint density at radius 3 is 2.68 bits per heavy atom. The number of benzene rings is 2. The molecule has 0 radical (unpaired) electrons. The summed E-state index contributed by atoms with van der Waals surface area (Å²) in [6, 6.07) is 13.4. The maximum atomic E-state index is 13.0. The van der Waals surface area contributed by atoms with Crippen molar-refractivity contribution in [2.75, 3.05) is 5.73 Å². The summed E-state index contributed by atoms with van der Waals surface area (Å²) in [5.74, 6) is -0.443. The van der Waals surface area contributed by atoms with Crippen molar-refractivity contribution >= 4 is 11.6 Å². The predicted octanol–water partition coefficient (Wildman–Crippen LogP) is 2.27. The molecule has 19 heavy (non-hydrogen) atoms. The van der Waals surface area contributed by atoms with E-state index in [0.29, 0.717) is 12.2 Å². The van der Waals surface area contributed by atoms with Gasteiger partial charge < -0.3 is 11.1 Å². The number of nitrogens with one attached hydrogen (secondary N) is 1. The summed E-state index contributed by atoms with van der Waals surface area (Å²) in [6.45, 7) is 0.309. The number of amides is 1. The SMILES string of the molecule is Nc1ccccc1CC(=O)NCc1cccc(F)c1. The number of para-hydroxylation sites is 1. The van der Waals surface area contributed by atoms with Gasteiger partial charge in [0.25, 0.3) is 0 Å². The zero-order chi connectivity index (χ0) is 13.7. The summed E-state index contributed by atoms with van der Waals surface area (Å²) in [5.41, 5.74) is 7.89. The lowest BCUT2D eigenvalue weighted by Gasteiger charge is -2.07.